The van der Waals surface area contributed by atoms with Gasteiger partial charge in [0.1, 0.15) is 0 Å². The highest BCUT2D eigenvalue weighted by Crippen LogP contribution is 2.27. The summed E-state index contributed by atoms with van der Waals surface area (Å²) in [7, 11) is 0. The summed E-state index contributed by atoms with van der Waals surface area (Å²) in [6.07, 6.45) is 1.66. The van der Waals surface area contributed by atoms with E-state index in [1.807, 2.05) is 0 Å². The normalized spacial score (nSPS) is 10.8. The number of aromatic amines is 1. The summed E-state index contributed by atoms with van der Waals surface area (Å²) in [4.78, 5) is 12.2. The standard InChI is InChI=1S/C14H8Cl2FN3O/c15-10-4-9(5-11(16)13(10)17)19-14(21)7-1-2-8-6-18-20-12(8)3-7/h1-6H,(H,18,20)(H,19,21). The predicted octanol–water partition coefficient (Wildman–Crippen LogP) is 4.26. The van der Waals surface area contributed by atoms with Crippen LogP contribution in [-0.2, 0) is 0 Å². The Morgan fingerprint density at radius 2 is 1.90 bits per heavy atom. The lowest BCUT2D eigenvalue weighted by Crippen LogP contribution is -2.11. The summed E-state index contributed by atoms with van der Waals surface area (Å²) < 4.78 is 13.3. The van der Waals surface area contributed by atoms with E-state index in [-0.39, 0.29) is 16.0 Å². The van der Waals surface area contributed by atoms with Crippen LogP contribution >= 0.6 is 23.2 Å². The van der Waals surface area contributed by atoms with Gasteiger partial charge in [-0.3, -0.25) is 9.89 Å². The van der Waals surface area contributed by atoms with Crippen molar-refractivity contribution in [1.29, 1.82) is 0 Å². The van der Waals surface area contributed by atoms with Gasteiger partial charge in [-0.05, 0) is 24.3 Å². The fourth-order valence-corrected chi connectivity index (χ4v) is 2.40. The number of H-pyrrole nitrogens is 1. The van der Waals surface area contributed by atoms with Crippen molar-refractivity contribution in [2.45, 2.75) is 0 Å². The van der Waals surface area contributed by atoms with Gasteiger partial charge in [-0.25, -0.2) is 4.39 Å². The Hall–Kier alpha value is -2.11. The zero-order chi connectivity index (χ0) is 15.0. The number of nitrogens with zero attached hydrogens (tertiary/aromatic N) is 1. The molecule has 106 valence electrons. The summed E-state index contributed by atoms with van der Waals surface area (Å²) in [6.45, 7) is 0. The molecule has 3 rings (SSSR count). The number of halogens is 3. The highest BCUT2D eigenvalue weighted by atomic mass is 35.5. The van der Waals surface area contributed by atoms with E-state index in [4.69, 9.17) is 23.2 Å². The SMILES string of the molecule is O=C(Nc1cc(Cl)c(F)c(Cl)c1)c1ccc2cn[nH]c2c1. The monoisotopic (exact) mass is 323 g/mol. The third-order valence-corrected chi connectivity index (χ3v) is 3.50. The minimum Gasteiger partial charge on any atom is -0.322 e. The van der Waals surface area contributed by atoms with Crippen molar-refractivity contribution in [1.82, 2.24) is 10.2 Å². The molecule has 0 aliphatic rings. The van der Waals surface area contributed by atoms with E-state index in [0.717, 1.165) is 10.9 Å². The Morgan fingerprint density at radius 1 is 1.19 bits per heavy atom. The summed E-state index contributed by atoms with van der Waals surface area (Å²) in [5.74, 6) is -1.07. The molecule has 4 nitrogen and oxygen atoms in total. The second kappa shape index (κ2) is 5.35. The van der Waals surface area contributed by atoms with Gasteiger partial charge in [-0.2, -0.15) is 5.10 Å². The number of amides is 1. The third kappa shape index (κ3) is 2.70. The molecular weight excluding hydrogens is 316 g/mol. The van der Waals surface area contributed by atoms with Gasteiger partial charge >= 0.3 is 0 Å². The average molecular weight is 324 g/mol. The smallest absolute Gasteiger partial charge is 0.255 e. The Labute approximate surface area is 128 Å². The van der Waals surface area contributed by atoms with Gasteiger partial charge in [0.2, 0.25) is 0 Å². The lowest BCUT2D eigenvalue weighted by atomic mass is 10.1. The first-order valence-corrected chi connectivity index (χ1v) is 6.69. The molecular formula is C14H8Cl2FN3O. The number of aromatic nitrogens is 2. The molecule has 0 saturated carbocycles. The first-order chi connectivity index (χ1) is 10.0. The molecule has 0 fully saturated rings. The molecule has 2 N–H and O–H groups in total. The topological polar surface area (TPSA) is 57.8 Å². The number of anilines is 1. The minimum absolute atomic E-state index is 0.151. The molecule has 0 saturated heterocycles. The number of benzene rings is 2. The van der Waals surface area contributed by atoms with E-state index >= 15 is 0 Å². The van der Waals surface area contributed by atoms with Crippen molar-refractivity contribution < 1.29 is 9.18 Å². The number of fused-ring (bicyclic) bond motifs is 1. The van der Waals surface area contributed by atoms with E-state index < -0.39 is 5.82 Å². The van der Waals surface area contributed by atoms with Crippen molar-refractivity contribution >= 4 is 45.7 Å². The second-order valence-corrected chi connectivity index (χ2v) is 5.19. The van der Waals surface area contributed by atoms with E-state index in [1.54, 1.807) is 24.4 Å². The Morgan fingerprint density at radius 3 is 2.62 bits per heavy atom. The summed E-state index contributed by atoms with van der Waals surface area (Å²) in [6, 6.07) is 7.72. The highest BCUT2D eigenvalue weighted by Gasteiger charge is 2.11. The molecule has 21 heavy (non-hydrogen) atoms. The number of hydrogen-bond donors (Lipinski definition) is 2. The first-order valence-electron chi connectivity index (χ1n) is 5.93. The fourth-order valence-electron chi connectivity index (χ4n) is 1.91. The predicted molar refractivity (Wildman–Crippen MR) is 80.5 cm³/mol. The molecule has 0 bridgehead atoms. The number of nitrogens with one attached hydrogen (secondary N) is 2. The van der Waals surface area contributed by atoms with Crippen molar-refractivity contribution in [2.75, 3.05) is 5.32 Å². The van der Waals surface area contributed by atoms with Crippen LogP contribution in [0.15, 0.2) is 36.5 Å². The number of carbonyl (C=O) groups excluding carboxylic acids is 1. The Kier molecular flexibility index (Phi) is 3.53. The summed E-state index contributed by atoms with van der Waals surface area (Å²) in [5.41, 5.74) is 1.50. The Balaban J connectivity index is 1.88. The Bertz CT molecular complexity index is 824. The molecule has 1 amide bonds. The average Bonchev–Trinajstić information content (AvgIpc) is 2.91. The molecule has 3 aromatic rings. The van der Waals surface area contributed by atoms with Gasteiger partial charge < -0.3 is 5.32 Å². The molecule has 1 aromatic heterocycles. The van der Waals surface area contributed by atoms with Crippen LogP contribution in [0.5, 0.6) is 0 Å². The van der Waals surface area contributed by atoms with Gasteiger partial charge in [-0.15, -0.1) is 0 Å². The molecule has 0 atom stereocenters. The zero-order valence-corrected chi connectivity index (χ0v) is 12.0. The number of rotatable bonds is 2. The molecule has 0 radical (unpaired) electrons. The van der Waals surface area contributed by atoms with Gasteiger partial charge in [0.05, 0.1) is 21.8 Å². The summed E-state index contributed by atoms with van der Waals surface area (Å²) in [5, 5.41) is 9.88. The van der Waals surface area contributed by atoms with Crippen LogP contribution in [0.1, 0.15) is 10.4 Å². The molecule has 2 aromatic carbocycles. The third-order valence-electron chi connectivity index (χ3n) is 2.95. The van der Waals surface area contributed by atoms with Crippen LogP contribution < -0.4 is 5.32 Å². The maximum atomic E-state index is 13.3. The minimum atomic E-state index is -0.713. The van der Waals surface area contributed by atoms with Gasteiger partial charge in [-0.1, -0.05) is 29.3 Å². The van der Waals surface area contributed by atoms with Crippen LogP contribution in [0.3, 0.4) is 0 Å². The molecule has 0 unspecified atom stereocenters. The molecule has 7 heteroatoms. The van der Waals surface area contributed by atoms with E-state index in [1.165, 1.54) is 12.1 Å². The van der Waals surface area contributed by atoms with E-state index in [2.05, 4.69) is 15.5 Å². The molecule has 1 heterocycles. The van der Waals surface area contributed by atoms with Crippen LogP contribution in [0, 0.1) is 5.82 Å². The lowest BCUT2D eigenvalue weighted by molar-refractivity contribution is 0.102. The van der Waals surface area contributed by atoms with Crippen LogP contribution in [0.25, 0.3) is 10.9 Å². The van der Waals surface area contributed by atoms with Crippen LogP contribution in [-0.4, -0.2) is 16.1 Å². The lowest BCUT2D eigenvalue weighted by Gasteiger charge is -2.07. The quantitative estimate of drug-likeness (QED) is 0.692. The highest BCUT2D eigenvalue weighted by molar-refractivity contribution is 6.35. The van der Waals surface area contributed by atoms with Crippen LogP contribution in [0.2, 0.25) is 10.0 Å². The molecule has 0 spiro atoms. The molecule has 0 aliphatic carbocycles. The zero-order valence-electron chi connectivity index (χ0n) is 10.5. The largest absolute Gasteiger partial charge is 0.322 e. The van der Waals surface area contributed by atoms with E-state index in [0.29, 0.717) is 11.3 Å². The number of hydrogen-bond acceptors (Lipinski definition) is 2. The van der Waals surface area contributed by atoms with Gasteiger partial charge in [0.15, 0.2) is 5.82 Å². The van der Waals surface area contributed by atoms with Gasteiger partial charge in [0, 0.05) is 16.6 Å². The van der Waals surface area contributed by atoms with Crippen molar-refractivity contribution in [3.63, 3.8) is 0 Å². The first kappa shape index (κ1) is 13.9. The second-order valence-electron chi connectivity index (χ2n) is 4.38. The van der Waals surface area contributed by atoms with Crippen molar-refractivity contribution in [3.8, 4) is 0 Å². The van der Waals surface area contributed by atoms with E-state index in [9.17, 15) is 9.18 Å². The van der Waals surface area contributed by atoms with Crippen molar-refractivity contribution in [3.05, 3.63) is 58.0 Å². The fraction of sp³-hybridized carbons (Fsp3) is 0. The molecule has 0 aliphatic heterocycles. The van der Waals surface area contributed by atoms with Crippen LogP contribution in [0.4, 0.5) is 10.1 Å². The maximum absolute atomic E-state index is 13.3. The van der Waals surface area contributed by atoms with Gasteiger partial charge in [0.25, 0.3) is 5.91 Å². The van der Waals surface area contributed by atoms with Crippen molar-refractivity contribution in [2.24, 2.45) is 0 Å². The summed E-state index contributed by atoms with van der Waals surface area (Å²) >= 11 is 11.4. The maximum Gasteiger partial charge on any atom is 0.255 e. The number of carbonyl (C=O) groups is 1.